The summed E-state index contributed by atoms with van der Waals surface area (Å²) in [6, 6.07) is 6.57. The number of rotatable bonds is 6. The van der Waals surface area contributed by atoms with E-state index < -0.39 is 22.1 Å². The van der Waals surface area contributed by atoms with Crippen molar-refractivity contribution in [2.24, 2.45) is 0 Å². The Kier molecular flexibility index (Phi) is 7.34. The number of carbonyl (C=O) groups excluding carboxylic acids is 3. The number of amides is 5. The number of carbonyl (C=O) groups is 3. The number of aromatic nitrogens is 1. The Morgan fingerprint density at radius 1 is 1.11 bits per heavy atom. The number of fused-ring (bicyclic) bond motifs is 1. The molecule has 2 aromatic rings. The first kappa shape index (κ1) is 24.6. The molecule has 2 aliphatic rings. The number of urea groups is 2. The van der Waals surface area contributed by atoms with Crippen molar-refractivity contribution in [3.05, 3.63) is 58.9 Å². The smallest absolute Gasteiger partial charge is 0.328 e. The first-order valence-electron chi connectivity index (χ1n) is 11.7. The monoisotopic (exact) mass is 499 g/mol. The van der Waals surface area contributed by atoms with Crippen molar-refractivity contribution in [2.75, 3.05) is 6.54 Å². The first-order valence-corrected chi connectivity index (χ1v) is 13.2. The highest BCUT2D eigenvalue weighted by atomic mass is 32.2. The van der Waals surface area contributed by atoms with E-state index in [0.29, 0.717) is 23.2 Å². The van der Waals surface area contributed by atoms with E-state index in [0.717, 1.165) is 42.6 Å². The summed E-state index contributed by atoms with van der Waals surface area (Å²) >= 11 is 0. The predicted octanol–water partition coefficient (Wildman–Crippen LogP) is 2.62. The number of pyridine rings is 1. The Bertz CT molecular complexity index is 1220. The Labute approximate surface area is 204 Å². The van der Waals surface area contributed by atoms with E-state index >= 15 is 0 Å². The fourth-order valence-corrected chi connectivity index (χ4v) is 5.27. The second kappa shape index (κ2) is 10.4. The summed E-state index contributed by atoms with van der Waals surface area (Å²) in [6.45, 7) is 2.24. The zero-order valence-electron chi connectivity index (χ0n) is 19.5. The SMILES string of the molecule is Cc1cc2c(cn1)CN(C(=O)NCCc1ccc(S(=O)(=O)NC(=O)NC3CCCCC3)cc1)C2=O. The molecule has 0 unspecified atom stereocenters. The number of nitrogens with one attached hydrogen (secondary N) is 3. The molecule has 0 atom stereocenters. The lowest BCUT2D eigenvalue weighted by molar-refractivity contribution is 0.0821. The number of hydrogen-bond donors (Lipinski definition) is 3. The maximum absolute atomic E-state index is 12.5. The number of hydrogen-bond acceptors (Lipinski definition) is 6. The van der Waals surface area contributed by atoms with Gasteiger partial charge in [0.15, 0.2) is 0 Å². The van der Waals surface area contributed by atoms with Crippen LogP contribution in [0.4, 0.5) is 9.59 Å². The predicted molar refractivity (Wildman–Crippen MR) is 128 cm³/mol. The number of sulfonamides is 1. The molecule has 4 rings (SSSR count). The van der Waals surface area contributed by atoms with Crippen LogP contribution in [0.5, 0.6) is 0 Å². The summed E-state index contributed by atoms with van der Waals surface area (Å²) < 4.78 is 27.1. The summed E-state index contributed by atoms with van der Waals surface area (Å²) in [7, 11) is -3.99. The van der Waals surface area contributed by atoms with Crippen molar-refractivity contribution in [3.63, 3.8) is 0 Å². The van der Waals surface area contributed by atoms with Gasteiger partial charge in [-0.25, -0.2) is 22.7 Å². The highest BCUT2D eigenvalue weighted by Gasteiger charge is 2.32. The van der Waals surface area contributed by atoms with Gasteiger partial charge in [-0.3, -0.25) is 14.7 Å². The average Bonchev–Trinajstić information content (AvgIpc) is 3.15. The van der Waals surface area contributed by atoms with Crippen molar-refractivity contribution in [3.8, 4) is 0 Å². The molecule has 0 radical (unpaired) electrons. The fraction of sp³-hybridized carbons (Fsp3) is 0.417. The van der Waals surface area contributed by atoms with Crippen molar-refractivity contribution in [1.82, 2.24) is 25.2 Å². The Morgan fingerprint density at radius 3 is 2.54 bits per heavy atom. The molecule has 186 valence electrons. The molecular formula is C24H29N5O5S. The van der Waals surface area contributed by atoms with E-state index in [1.807, 2.05) is 0 Å². The van der Waals surface area contributed by atoms with Crippen LogP contribution in [0.15, 0.2) is 41.4 Å². The van der Waals surface area contributed by atoms with Gasteiger partial charge in [-0.2, -0.15) is 0 Å². The molecule has 0 spiro atoms. The molecule has 35 heavy (non-hydrogen) atoms. The first-order chi connectivity index (χ1) is 16.7. The molecule has 2 heterocycles. The Balaban J connectivity index is 1.25. The molecule has 1 aliphatic heterocycles. The minimum atomic E-state index is -3.99. The molecule has 0 saturated heterocycles. The van der Waals surface area contributed by atoms with Gasteiger partial charge < -0.3 is 10.6 Å². The second-order valence-corrected chi connectivity index (χ2v) is 10.6. The van der Waals surface area contributed by atoms with Crippen LogP contribution in [0.2, 0.25) is 0 Å². The maximum Gasteiger partial charge on any atom is 0.328 e. The second-order valence-electron chi connectivity index (χ2n) is 8.91. The summed E-state index contributed by atoms with van der Waals surface area (Å²) in [5.74, 6) is -0.349. The number of imide groups is 1. The third-order valence-corrected chi connectivity index (χ3v) is 7.61. The molecule has 1 aromatic carbocycles. The molecule has 1 fully saturated rings. The van der Waals surface area contributed by atoms with Crippen molar-refractivity contribution >= 4 is 28.0 Å². The van der Waals surface area contributed by atoms with Crippen LogP contribution in [-0.4, -0.2) is 48.9 Å². The van der Waals surface area contributed by atoms with Crippen LogP contribution in [0.3, 0.4) is 0 Å². The van der Waals surface area contributed by atoms with Crippen molar-refractivity contribution in [2.45, 2.75) is 62.9 Å². The van der Waals surface area contributed by atoms with Crippen LogP contribution in [0, 0.1) is 6.92 Å². The summed E-state index contributed by atoms with van der Waals surface area (Å²) in [5.41, 5.74) is 2.72. The third kappa shape index (κ3) is 5.97. The van der Waals surface area contributed by atoms with Crippen molar-refractivity contribution < 1.29 is 22.8 Å². The van der Waals surface area contributed by atoms with E-state index in [-0.39, 0.29) is 29.9 Å². The van der Waals surface area contributed by atoms with Gasteiger partial charge in [0, 0.05) is 35.6 Å². The highest BCUT2D eigenvalue weighted by molar-refractivity contribution is 7.90. The molecule has 1 aromatic heterocycles. The highest BCUT2D eigenvalue weighted by Crippen LogP contribution is 2.22. The molecule has 1 saturated carbocycles. The van der Waals surface area contributed by atoms with E-state index in [9.17, 15) is 22.8 Å². The normalized spacial score (nSPS) is 16.0. The summed E-state index contributed by atoms with van der Waals surface area (Å²) in [4.78, 5) is 42.4. The van der Waals surface area contributed by atoms with E-state index in [1.54, 1.807) is 31.3 Å². The van der Waals surface area contributed by atoms with E-state index in [1.165, 1.54) is 12.1 Å². The van der Waals surface area contributed by atoms with Gasteiger partial charge in [-0.1, -0.05) is 31.4 Å². The van der Waals surface area contributed by atoms with E-state index in [4.69, 9.17) is 0 Å². The topological polar surface area (TPSA) is 138 Å². The molecule has 0 bridgehead atoms. The fourth-order valence-electron chi connectivity index (χ4n) is 4.35. The van der Waals surface area contributed by atoms with Crippen LogP contribution in [-0.2, 0) is 23.0 Å². The van der Waals surface area contributed by atoms with Crippen LogP contribution in [0.25, 0.3) is 0 Å². The lowest BCUT2D eigenvalue weighted by atomic mass is 9.96. The number of nitrogens with zero attached hydrogens (tertiary/aromatic N) is 2. The van der Waals surface area contributed by atoms with Gasteiger partial charge in [0.2, 0.25) is 0 Å². The van der Waals surface area contributed by atoms with Crippen molar-refractivity contribution in [1.29, 1.82) is 0 Å². The minimum absolute atomic E-state index is 0.00217. The zero-order chi connectivity index (χ0) is 25.0. The quantitative estimate of drug-likeness (QED) is 0.559. The lowest BCUT2D eigenvalue weighted by Crippen LogP contribution is -2.45. The van der Waals surface area contributed by atoms with E-state index in [2.05, 4.69) is 20.3 Å². The zero-order valence-corrected chi connectivity index (χ0v) is 20.4. The molecule has 11 heteroatoms. The van der Waals surface area contributed by atoms with Gasteiger partial charge in [0.1, 0.15) is 0 Å². The molecule has 5 amide bonds. The van der Waals surface area contributed by atoms with Gasteiger partial charge in [-0.15, -0.1) is 0 Å². The van der Waals surface area contributed by atoms with Gasteiger partial charge in [0.05, 0.1) is 11.4 Å². The molecular weight excluding hydrogens is 470 g/mol. The number of aryl methyl sites for hydroxylation is 1. The molecule has 10 nitrogen and oxygen atoms in total. The summed E-state index contributed by atoms with van der Waals surface area (Å²) in [5, 5.41) is 5.45. The van der Waals surface area contributed by atoms with Gasteiger partial charge in [-0.05, 0) is 49.9 Å². The van der Waals surface area contributed by atoms with Gasteiger partial charge >= 0.3 is 12.1 Å². The summed E-state index contributed by atoms with van der Waals surface area (Å²) in [6.07, 6.45) is 6.95. The average molecular weight is 500 g/mol. The standard InChI is InChI=1S/C24H29N5O5S/c1-16-13-21-18(14-26-16)15-29(22(21)30)24(32)25-12-11-17-7-9-20(10-8-17)35(33,34)28-23(31)27-19-5-3-2-4-6-19/h7-10,13-14,19H,2-6,11-12,15H2,1H3,(H,25,32)(H2,27,28,31). The Morgan fingerprint density at radius 2 is 1.83 bits per heavy atom. The number of benzene rings is 1. The van der Waals surface area contributed by atoms with Crippen LogP contribution in [0.1, 0.15) is 59.3 Å². The minimum Gasteiger partial charge on any atom is -0.337 e. The maximum atomic E-state index is 12.5. The molecule has 3 N–H and O–H groups in total. The third-order valence-electron chi connectivity index (χ3n) is 6.26. The largest absolute Gasteiger partial charge is 0.337 e. The molecule has 1 aliphatic carbocycles. The lowest BCUT2D eigenvalue weighted by Gasteiger charge is -2.22. The van der Waals surface area contributed by atoms with Crippen LogP contribution < -0.4 is 15.4 Å². The Hall–Kier alpha value is -3.47. The van der Waals surface area contributed by atoms with Crippen LogP contribution >= 0.6 is 0 Å². The van der Waals surface area contributed by atoms with Gasteiger partial charge in [0.25, 0.3) is 15.9 Å².